The molecule has 0 saturated carbocycles. The molecular weight excluding hydrogens is 493 g/mol. The molecule has 5 nitrogen and oxygen atoms in total. The predicted octanol–water partition coefficient (Wildman–Crippen LogP) is 7.13. The number of benzene rings is 3. The Labute approximate surface area is 212 Å². The number of nitrogens with zero attached hydrogens (tertiary/aromatic N) is 1. The molecule has 0 radical (unpaired) electrons. The van der Waals surface area contributed by atoms with Gasteiger partial charge in [-0.2, -0.15) is 0 Å². The minimum Gasteiger partial charge on any atom is -0.493 e. The number of hydrogen-bond acceptors (Lipinski definition) is 5. The summed E-state index contributed by atoms with van der Waals surface area (Å²) in [4.78, 5) is 27.0. The van der Waals surface area contributed by atoms with Crippen LogP contribution in [0, 0.1) is 6.92 Å². The van der Waals surface area contributed by atoms with Crippen LogP contribution in [0.15, 0.2) is 65.6 Å². The first-order valence-electron chi connectivity index (χ1n) is 10.4. The molecule has 0 N–H and O–H groups in total. The molecule has 8 heteroatoms. The summed E-state index contributed by atoms with van der Waals surface area (Å²) in [6.07, 6.45) is 1.68. The van der Waals surface area contributed by atoms with Crippen molar-refractivity contribution in [2.45, 2.75) is 20.1 Å². The molecule has 0 spiro atoms. The van der Waals surface area contributed by atoms with Gasteiger partial charge in [-0.3, -0.25) is 14.5 Å². The van der Waals surface area contributed by atoms with Crippen molar-refractivity contribution in [1.29, 1.82) is 0 Å². The highest BCUT2D eigenvalue weighted by Crippen LogP contribution is 2.36. The highest BCUT2D eigenvalue weighted by atomic mass is 35.5. The summed E-state index contributed by atoms with van der Waals surface area (Å²) < 4.78 is 11.3. The second-order valence-electron chi connectivity index (χ2n) is 7.65. The van der Waals surface area contributed by atoms with Gasteiger partial charge in [0, 0.05) is 15.6 Å². The van der Waals surface area contributed by atoms with E-state index >= 15 is 0 Å². The quantitative estimate of drug-likeness (QED) is 0.314. The van der Waals surface area contributed by atoms with Crippen molar-refractivity contribution in [3.63, 3.8) is 0 Å². The normalized spacial score (nSPS) is 14.7. The van der Waals surface area contributed by atoms with Crippen LogP contribution in [0.1, 0.15) is 22.3 Å². The van der Waals surface area contributed by atoms with Crippen LogP contribution in [0.4, 0.5) is 4.79 Å². The van der Waals surface area contributed by atoms with Crippen LogP contribution in [0.2, 0.25) is 10.0 Å². The molecule has 3 aromatic carbocycles. The monoisotopic (exact) mass is 513 g/mol. The second kappa shape index (κ2) is 10.6. The third-order valence-electron chi connectivity index (χ3n) is 5.25. The van der Waals surface area contributed by atoms with Crippen molar-refractivity contribution in [1.82, 2.24) is 4.90 Å². The second-order valence-corrected chi connectivity index (χ2v) is 9.46. The Balaban J connectivity index is 1.53. The van der Waals surface area contributed by atoms with E-state index in [4.69, 9.17) is 32.7 Å². The first kappa shape index (κ1) is 24.2. The van der Waals surface area contributed by atoms with Gasteiger partial charge in [0.15, 0.2) is 11.5 Å². The van der Waals surface area contributed by atoms with Crippen LogP contribution < -0.4 is 9.47 Å². The van der Waals surface area contributed by atoms with Gasteiger partial charge in [-0.1, -0.05) is 65.2 Å². The maximum absolute atomic E-state index is 12.9. The fraction of sp³-hybridized carbons (Fsp3) is 0.154. The Morgan fingerprint density at radius 2 is 1.68 bits per heavy atom. The van der Waals surface area contributed by atoms with Crippen molar-refractivity contribution in [2.24, 2.45) is 0 Å². The SMILES string of the molecule is COc1ccc(/C=C2\SC(=O)N(Cc3ccc(C)cc3)C2=O)cc1OCc1c(Cl)cccc1Cl. The summed E-state index contributed by atoms with van der Waals surface area (Å²) in [5, 5.41) is 0.713. The first-order valence-corrected chi connectivity index (χ1v) is 12.0. The molecule has 3 aromatic rings. The highest BCUT2D eigenvalue weighted by Gasteiger charge is 2.35. The molecule has 0 aromatic heterocycles. The maximum Gasteiger partial charge on any atom is 0.293 e. The summed E-state index contributed by atoms with van der Waals surface area (Å²) in [5.41, 5.74) is 3.37. The predicted molar refractivity (Wildman–Crippen MR) is 136 cm³/mol. The molecule has 1 fully saturated rings. The van der Waals surface area contributed by atoms with E-state index in [1.807, 2.05) is 31.2 Å². The fourth-order valence-corrected chi connectivity index (χ4v) is 4.72. The molecule has 1 aliphatic heterocycles. The summed E-state index contributed by atoms with van der Waals surface area (Å²) in [5.74, 6) is 0.663. The van der Waals surface area contributed by atoms with Gasteiger partial charge < -0.3 is 9.47 Å². The maximum atomic E-state index is 12.9. The summed E-state index contributed by atoms with van der Waals surface area (Å²) >= 11 is 13.4. The summed E-state index contributed by atoms with van der Waals surface area (Å²) in [6, 6.07) is 18.3. The lowest BCUT2D eigenvalue weighted by Gasteiger charge is -2.13. The van der Waals surface area contributed by atoms with E-state index in [0.29, 0.717) is 37.6 Å². The van der Waals surface area contributed by atoms with Gasteiger partial charge in [0.25, 0.3) is 11.1 Å². The van der Waals surface area contributed by atoms with E-state index in [1.165, 1.54) is 4.90 Å². The molecule has 174 valence electrons. The summed E-state index contributed by atoms with van der Waals surface area (Å²) in [6.45, 7) is 2.37. The number of carbonyl (C=O) groups excluding carboxylic acids is 2. The van der Waals surface area contributed by atoms with Crippen LogP contribution in [0.5, 0.6) is 11.5 Å². The number of imide groups is 1. The Kier molecular flexibility index (Phi) is 7.51. The Morgan fingerprint density at radius 1 is 0.971 bits per heavy atom. The number of hydrogen-bond donors (Lipinski definition) is 0. The molecule has 2 amide bonds. The number of halogens is 2. The van der Waals surface area contributed by atoms with Crippen LogP contribution in [-0.2, 0) is 17.9 Å². The zero-order chi connectivity index (χ0) is 24.2. The van der Waals surface area contributed by atoms with E-state index in [0.717, 1.165) is 22.9 Å². The van der Waals surface area contributed by atoms with E-state index < -0.39 is 0 Å². The molecule has 1 heterocycles. The summed E-state index contributed by atoms with van der Waals surface area (Å²) in [7, 11) is 1.54. The number of amides is 2. The molecule has 1 aliphatic rings. The number of methoxy groups -OCH3 is 1. The lowest BCUT2D eigenvalue weighted by atomic mass is 10.1. The van der Waals surface area contributed by atoms with Crippen molar-refractivity contribution < 1.29 is 19.1 Å². The fourth-order valence-electron chi connectivity index (χ4n) is 3.38. The molecule has 0 atom stereocenters. The standard InChI is InChI=1S/C26H21Cl2NO4S/c1-16-6-8-17(9-7-16)14-29-25(30)24(34-26(29)31)13-18-10-11-22(32-2)23(12-18)33-15-19-20(27)4-3-5-21(19)28/h3-13H,14-15H2,1-2H3/b24-13-. The van der Waals surface area contributed by atoms with Gasteiger partial charge in [0.2, 0.25) is 0 Å². The van der Waals surface area contributed by atoms with Crippen LogP contribution >= 0.6 is 35.0 Å². The number of carbonyl (C=O) groups is 2. The van der Waals surface area contributed by atoms with Crippen molar-refractivity contribution in [3.8, 4) is 11.5 Å². The van der Waals surface area contributed by atoms with Crippen LogP contribution in [-0.4, -0.2) is 23.2 Å². The van der Waals surface area contributed by atoms with Crippen LogP contribution in [0.25, 0.3) is 6.08 Å². The molecule has 1 saturated heterocycles. The van der Waals surface area contributed by atoms with Crippen molar-refractivity contribution >= 4 is 52.2 Å². The van der Waals surface area contributed by atoms with E-state index in [-0.39, 0.29) is 24.3 Å². The van der Waals surface area contributed by atoms with E-state index in [1.54, 1.807) is 49.6 Å². The van der Waals surface area contributed by atoms with Gasteiger partial charge in [-0.15, -0.1) is 0 Å². The number of ether oxygens (including phenoxy) is 2. The number of thioether (sulfide) groups is 1. The van der Waals surface area contributed by atoms with Gasteiger partial charge in [0.05, 0.1) is 18.6 Å². The molecule has 0 aliphatic carbocycles. The lowest BCUT2D eigenvalue weighted by molar-refractivity contribution is -0.123. The van der Waals surface area contributed by atoms with Gasteiger partial charge in [-0.25, -0.2) is 0 Å². The number of rotatable bonds is 7. The topological polar surface area (TPSA) is 55.8 Å². The van der Waals surface area contributed by atoms with Crippen molar-refractivity contribution in [3.05, 3.63) is 97.9 Å². The van der Waals surface area contributed by atoms with Crippen LogP contribution in [0.3, 0.4) is 0 Å². The zero-order valence-corrected chi connectivity index (χ0v) is 20.8. The Morgan fingerprint density at radius 3 is 2.35 bits per heavy atom. The molecule has 4 rings (SSSR count). The third kappa shape index (κ3) is 5.41. The van der Waals surface area contributed by atoms with Gasteiger partial charge in [-0.05, 0) is 60.2 Å². The molecule has 0 bridgehead atoms. The Hall–Kier alpha value is -2.93. The zero-order valence-electron chi connectivity index (χ0n) is 18.5. The largest absolute Gasteiger partial charge is 0.493 e. The highest BCUT2D eigenvalue weighted by molar-refractivity contribution is 8.18. The minimum absolute atomic E-state index is 0.144. The third-order valence-corrected chi connectivity index (χ3v) is 6.87. The van der Waals surface area contributed by atoms with Gasteiger partial charge >= 0.3 is 0 Å². The van der Waals surface area contributed by atoms with Gasteiger partial charge in [0.1, 0.15) is 6.61 Å². The first-order chi connectivity index (χ1) is 16.4. The lowest BCUT2D eigenvalue weighted by Crippen LogP contribution is -2.27. The number of aryl methyl sites for hydroxylation is 1. The smallest absolute Gasteiger partial charge is 0.293 e. The van der Waals surface area contributed by atoms with E-state index in [9.17, 15) is 9.59 Å². The van der Waals surface area contributed by atoms with E-state index in [2.05, 4.69) is 0 Å². The van der Waals surface area contributed by atoms with Crippen molar-refractivity contribution in [2.75, 3.05) is 7.11 Å². The average Bonchev–Trinajstić information content (AvgIpc) is 3.07. The minimum atomic E-state index is -0.322. The Bertz CT molecular complexity index is 1250. The molecule has 34 heavy (non-hydrogen) atoms. The molecule has 0 unspecified atom stereocenters. The average molecular weight is 514 g/mol. The molecular formula is C26H21Cl2NO4S.